The van der Waals surface area contributed by atoms with Gasteiger partial charge >= 0.3 is 5.97 Å². The third-order valence-electron chi connectivity index (χ3n) is 2.15. The lowest BCUT2D eigenvalue weighted by atomic mass is 10.2. The van der Waals surface area contributed by atoms with Crippen LogP contribution in [0.1, 0.15) is 16.8 Å². The van der Waals surface area contributed by atoms with Gasteiger partial charge in [0.2, 0.25) is 0 Å². The highest BCUT2D eigenvalue weighted by atomic mass is 32.2. The van der Waals surface area contributed by atoms with Crippen LogP contribution in [0, 0.1) is 0 Å². The number of aromatic carboxylic acids is 1. The average Bonchev–Trinajstić information content (AvgIpc) is 2.24. The highest BCUT2D eigenvalue weighted by Gasteiger charge is 2.07. The van der Waals surface area contributed by atoms with Gasteiger partial charge < -0.3 is 16.2 Å². The minimum absolute atomic E-state index is 0.00851. The maximum absolute atomic E-state index is 10.9. The van der Waals surface area contributed by atoms with Crippen LogP contribution in [0.25, 0.3) is 0 Å². The van der Waals surface area contributed by atoms with E-state index in [0.717, 1.165) is 0 Å². The number of rotatable bonds is 6. The number of carbonyl (C=O) groups is 1. The van der Waals surface area contributed by atoms with Crippen molar-refractivity contribution in [1.29, 1.82) is 0 Å². The summed E-state index contributed by atoms with van der Waals surface area (Å²) in [7, 11) is -2.98. The fraction of sp³-hybridized carbons (Fsp3) is 0.400. The van der Waals surface area contributed by atoms with E-state index in [0.29, 0.717) is 18.8 Å². The van der Waals surface area contributed by atoms with E-state index in [-0.39, 0.29) is 17.0 Å². The Kier molecular flexibility index (Phi) is 4.49. The fourth-order valence-corrected chi connectivity index (χ4v) is 1.96. The van der Waals surface area contributed by atoms with E-state index in [2.05, 4.69) is 10.3 Å². The molecule has 0 aliphatic rings. The first-order chi connectivity index (χ1) is 8.29. The second-order valence-electron chi connectivity index (χ2n) is 3.88. The quantitative estimate of drug-likeness (QED) is 0.633. The van der Waals surface area contributed by atoms with E-state index in [1.54, 1.807) is 0 Å². The molecule has 8 heteroatoms. The lowest BCUT2D eigenvalue weighted by molar-refractivity contribution is 0.0696. The molecule has 0 unspecified atom stereocenters. The van der Waals surface area contributed by atoms with Crippen molar-refractivity contribution in [2.24, 2.45) is 0 Å². The van der Waals surface area contributed by atoms with E-state index >= 15 is 0 Å². The average molecular weight is 273 g/mol. The number of nitrogens with zero attached hydrogens (tertiary/aromatic N) is 1. The van der Waals surface area contributed by atoms with E-state index in [1.807, 2.05) is 0 Å². The molecule has 1 aromatic rings. The standard InChI is InChI=1S/C10H15N3O4S/c1-18(16,17)4-2-3-12-9-8(11)5-7(6-13-9)10(14)15/h5-6H,2-4,11H2,1H3,(H,12,13)(H,14,15). The minimum Gasteiger partial charge on any atom is -0.478 e. The predicted octanol–water partition coefficient (Wildman–Crippen LogP) is 0.209. The molecule has 0 atom stereocenters. The first kappa shape index (κ1) is 14.2. The molecule has 1 heterocycles. The molecule has 0 fully saturated rings. The Morgan fingerprint density at radius 2 is 2.22 bits per heavy atom. The topological polar surface area (TPSA) is 122 Å². The molecule has 0 saturated heterocycles. The highest BCUT2D eigenvalue weighted by Crippen LogP contribution is 2.16. The van der Waals surface area contributed by atoms with E-state index < -0.39 is 15.8 Å². The van der Waals surface area contributed by atoms with Crippen molar-refractivity contribution in [2.45, 2.75) is 6.42 Å². The van der Waals surface area contributed by atoms with Gasteiger partial charge in [0.1, 0.15) is 15.7 Å². The number of sulfone groups is 1. The van der Waals surface area contributed by atoms with Crippen LogP contribution in [0.4, 0.5) is 11.5 Å². The van der Waals surface area contributed by atoms with Crippen molar-refractivity contribution in [3.8, 4) is 0 Å². The van der Waals surface area contributed by atoms with Crippen LogP contribution in [0.15, 0.2) is 12.3 Å². The number of carboxylic acids is 1. The normalized spacial score (nSPS) is 11.2. The van der Waals surface area contributed by atoms with Crippen LogP contribution < -0.4 is 11.1 Å². The summed E-state index contributed by atoms with van der Waals surface area (Å²) in [4.78, 5) is 14.5. The summed E-state index contributed by atoms with van der Waals surface area (Å²) in [6.45, 7) is 0.399. The van der Waals surface area contributed by atoms with Crippen molar-refractivity contribution < 1.29 is 18.3 Å². The van der Waals surface area contributed by atoms with Crippen molar-refractivity contribution in [2.75, 3.05) is 29.6 Å². The number of aromatic nitrogens is 1. The van der Waals surface area contributed by atoms with Crippen molar-refractivity contribution in [1.82, 2.24) is 4.98 Å². The molecule has 0 aliphatic carbocycles. The number of hydrogen-bond acceptors (Lipinski definition) is 6. The fourth-order valence-electron chi connectivity index (χ4n) is 1.29. The van der Waals surface area contributed by atoms with Crippen molar-refractivity contribution in [3.05, 3.63) is 17.8 Å². The van der Waals surface area contributed by atoms with Crippen LogP contribution >= 0.6 is 0 Å². The molecule has 0 bridgehead atoms. The molecule has 1 aromatic heterocycles. The van der Waals surface area contributed by atoms with Gasteiger partial charge in [0.15, 0.2) is 0 Å². The van der Waals surface area contributed by atoms with Gasteiger partial charge in [0, 0.05) is 19.0 Å². The number of anilines is 2. The zero-order valence-electron chi connectivity index (χ0n) is 9.88. The second-order valence-corrected chi connectivity index (χ2v) is 6.14. The molecule has 7 nitrogen and oxygen atoms in total. The summed E-state index contributed by atoms with van der Waals surface area (Å²) in [5.74, 6) is -0.668. The van der Waals surface area contributed by atoms with Gasteiger partial charge in [-0.05, 0) is 12.5 Å². The Morgan fingerprint density at radius 3 is 2.72 bits per heavy atom. The SMILES string of the molecule is CS(=O)(=O)CCCNc1ncc(C(=O)O)cc1N. The first-order valence-electron chi connectivity index (χ1n) is 5.20. The molecular weight excluding hydrogens is 258 g/mol. The van der Waals surface area contributed by atoms with Crippen LogP contribution in [-0.4, -0.2) is 43.0 Å². The smallest absolute Gasteiger partial charge is 0.337 e. The minimum atomic E-state index is -2.98. The summed E-state index contributed by atoms with van der Waals surface area (Å²) < 4.78 is 21.8. The zero-order chi connectivity index (χ0) is 13.8. The largest absolute Gasteiger partial charge is 0.478 e. The van der Waals surface area contributed by atoms with Gasteiger partial charge in [-0.3, -0.25) is 0 Å². The Morgan fingerprint density at radius 1 is 1.56 bits per heavy atom. The van der Waals surface area contributed by atoms with E-state index in [4.69, 9.17) is 10.8 Å². The van der Waals surface area contributed by atoms with Gasteiger partial charge in [0.05, 0.1) is 17.0 Å². The Hall–Kier alpha value is -1.83. The molecule has 0 saturated carbocycles. The third kappa shape index (κ3) is 4.58. The lowest BCUT2D eigenvalue weighted by Crippen LogP contribution is -2.12. The molecule has 0 radical (unpaired) electrons. The van der Waals surface area contributed by atoms with Crippen molar-refractivity contribution >= 4 is 27.3 Å². The van der Waals surface area contributed by atoms with Crippen LogP contribution in [0.5, 0.6) is 0 Å². The number of pyridine rings is 1. The molecule has 1 rings (SSSR count). The number of nitrogens with one attached hydrogen (secondary N) is 1. The lowest BCUT2D eigenvalue weighted by Gasteiger charge is -2.08. The Labute approximate surface area is 105 Å². The number of nitrogens with two attached hydrogens (primary N) is 1. The monoisotopic (exact) mass is 273 g/mol. The number of hydrogen-bond donors (Lipinski definition) is 3. The van der Waals surface area contributed by atoms with Gasteiger partial charge in [-0.15, -0.1) is 0 Å². The van der Waals surface area contributed by atoms with Crippen LogP contribution in [-0.2, 0) is 9.84 Å². The van der Waals surface area contributed by atoms with Crippen molar-refractivity contribution in [3.63, 3.8) is 0 Å². The zero-order valence-corrected chi connectivity index (χ0v) is 10.7. The van der Waals surface area contributed by atoms with Gasteiger partial charge in [-0.1, -0.05) is 0 Å². The summed E-state index contributed by atoms with van der Waals surface area (Å²) in [6.07, 6.45) is 2.79. The van der Waals surface area contributed by atoms with Gasteiger partial charge in [0.25, 0.3) is 0 Å². The number of carboxylic acid groups (broad SMARTS) is 1. The molecule has 0 spiro atoms. The Balaban J connectivity index is 2.56. The molecule has 0 aromatic carbocycles. The van der Waals surface area contributed by atoms with Gasteiger partial charge in [-0.2, -0.15) is 0 Å². The molecule has 0 amide bonds. The van der Waals surface area contributed by atoms with Crippen LogP contribution in [0.2, 0.25) is 0 Å². The number of nitrogen functional groups attached to an aromatic ring is 1. The maximum atomic E-state index is 10.9. The van der Waals surface area contributed by atoms with Gasteiger partial charge in [-0.25, -0.2) is 18.2 Å². The van der Waals surface area contributed by atoms with E-state index in [9.17, 15) is 13.2 Å². The van der Waals surface area contributed by atoms with Crippen LogP contribution in [0.3, 0.4) is 0 Å². The predicted molar refractivity (Wildman–Crippen MR) is 68.4 cm³/mol. The summed E-state index contributed by atoms with van der Waals surface area (Å²) in [5, 5.41) is 11.6. The maximum Gasteiger partial charge on any atom is 0.337 e. The van der Waals surface area contributed by atoms with E-state index in [1.165, 1.54) is 18.5 Å². The summed E-state index contributed by atoms with van der Waals surface area (Å²) >= 11 is 0. The molecule has 18 heavy (non-hydrogen) atoms. The molecule has 0 aliphatic heterocycles. The second kappa shape index (κ2) is 5.67. The summed E-state index contributed by atoms with van der Waals surface area (Å²) in [6, 6.07) is 1.30. The first-order valence-corrected chi connectivity index (χ1v) is 7.26. The third-order valence-corrected chi connectivity index (χ3v) is 3.18. The Bertz CT molecular complexity index is 542. The summed E-state index contributed by atoms with van der Waals surface area (Å²) in [5.41, 5.74) is 5.85. The molecule has 100 valence electrons. The molecular formula is C10H15N3O4S. The highest BCUT2D eigenvalue weighted by molar-refractivity contribution is 7.90. The molecule has 4 N–H and O–H groups in total.